The minimum atomic E-state index is -3.84. The van der Waals surface area contributed by atoms with E-state index in [0.717, 1.165) is 0 Å². The molecule has 0 heterocycles. The van der Waals surface area contributed by atoms with Crippen molar-refractivity contribution in [2.45, 2.75) is 24.8 Å². The average molecular weight is 313 g/mol. The van der Waals surface area contributed by atoms with E-state index in [1.807, 2.05) is 0 Å². The van der Waals surface area contributed by atoms with Crippen LogP contribution in [0.3, 0.4) is 0 Å². The Morgan fingerprint density at radius 3 is 2.26 bits per heavy atom. The topological polar surface area (TPSA) is 142 Å². The van der Waals surface area contributed by atoms with E-state index < -0.39 is 43.3 Å². The van der Waals surface area contributed by atoms with Gasteiger partial charge in [0, 0.05) is 5.75 Å². The number of nitrogens with one attached hydrogen (secondary N) is 2. The Kier molecular flexibility index (Phi) is 7.61. The second-order valence-electron chi connectivity index (χ2n) is 4.10. The zero-order valence-electron chi connectivity index (χ0n) is 10.7. The van der Waals surface area contributed by atoms with E-state index in [9.17, 15) is 19.0 Å². The quantitative estimate of drug-likeness (QED) is 0.240. The minimum absolute atomic E-state index is 0.165. The monoisotopic (exact) mass is 313 g/mol. The van der Waals surface area contributed by atoms with E-state index in [4.69, 9.17) is 10.8 Å². The Morgan fingerprint density at radius 1 is 1.42 bits per heavy atom. The van der Waals surface area contributed by atoms with Crippen molar-refractivity contribution in [2.24, 2.45) is 5.73 Å². The molecule has 0 saturated carbocycles. The van der Waals surface area contributed by atoms with Gasteiger partial charge < -0.3 is 26.4 Å². The van der Waals surface area contributed by atoms with Gasteiger partial charge in [-0.25, -0.2) is 4.79 Å². The third-order valence-corrected chi connectivity index (χ3v) is 5.07. The number of thiol groups is 1. The first-order chi connectivity index (χ1) is 8.65. The number of carboxylic acids is 1. The maximum Gasteiger partial charge on any atom is 0.326 e. The molecular formula is C9H20N3O5PS. The third-order valence-electron chi connectivity index (χ3n) is 2.54. The third kappa shape index (κ3) is 5.92. The number of likely N-dealkylation sites (N-methyl/N-ethyl adjacent to an activating group) is 1. The molecule has 0 aromatic heterocycles. The van der Waals surface area contributed by atoms with Crippen LogP contribution in [0.4, 0.5) is 0 Å². The number of aliphatic carboxylic acids is 1. The maximum atomic E-state index is 11.7. The molecule has 0 fully saturated rings. The molecule has 0 bridgehead atoms. The molecule has 0 aromatic carbocycles. The van der Waals surface area contributed by atoms with Crippen LogP contribution < -0.4 is 16.4 Å². The summed E-state index contributed by atoms with van der Waals surface area (Å²) in [4.78, 5) is 32.3. The second-order valence-corrected chi connectivity index (χ2v) is 7.16. The lowest BCUT2D eigenvalue weighted by Crippen LogP contribution is -2.51. The molecule has 0 rings (SSSR count). The highest BCUT2D eigenvalue weighted by atomic mass is 32.1. The highest BCUT2D eigenvalue weighted by molar-refractivity contribution is 7.80. The van der Waals surface area contributed by atoms with E-state index >= 15 is 0 Å². The standard InChI is InChI=1S/C9H20N3O5PS/c1-5(10)18(16,17)3-6(9(14)15)12-8(13)7(4-19)11-2/h5-7,11,19H,3-4,10H2,1-2H3,(H,12,13)(H,14,15)(H,16,17)/t5?,6?,7-/m0/s1. The highest BCUT2D eigenvalue weighted by Crippen LogP contribution is 2.44. The van der Waals surface area contributed by atoms with Gasteiger partial charge in [0.25, 0.3) is 0 Å². The predicted molar refractivity (Wildman–Crippen MR) is 74.6 cm³/mol. The minimum Gasteiger partial charge on any atom is -0.480 e. The smallest absolute Gasteiger partial charge is 0.326 e. The van der Waals surface area contributed by atoms with Gasteiger partial charge in [-0.15, -0.1) is 0 Å². The Bertz CT molecular complexity index is 375. The van der Waals surface area contributed by atoms with Crippen molar-refractivity contribution in [3.8, 4) is 0 Å². The molecule has 0 aliphatic carbocycles. The fourth-order valence-electron chi connectivity index (χ4n) is 1.19. The Hall–Kier alpha value is -0.600. The molecule has 0 aromatic rings. The number of carbonyl (C=O) groups excluding carboxylic acids is 1. The number of carboxylic acid groups (broad SMARTS) is 1. The maximum absolute atomic E-state index is 11.7. The Morgan fingerprint density at radius 2 is 1.95 bits per heavy atom. The number of nitrogens with two attached hydrogens (primary N) is 1. The fourth-order valence-corrected chi connectivity index (χ4v) is 2.64. The molecule has 112 valence electrons. The SMILES string of the molecule is CN[C@@H](CS)C(=O)NC(CP(=O)(O)C(C)N)C(=O)O. The summed E-state index contributed by atoms with van der Waals surface area (Å²) in [6.45, 7) is 1.31. The lowest BCUT2D eigenvalue weighted by Gasteiger charge is -2.22. The van der Waals surface area contributed by atoms with Gasteiger partial charge in [-0.3, -0.25) is 9.36 Å². The lowest BCUT2D eigenvalue weighted by atomic mass is 10.2. The van der Waals surface area contributed by atoms with Crippen molar-refractivity contribution >= 4 is 31.9 Å². The Balaban J connectivity index is 4.82. The van der Waals surface area contributed by atoms with E-state index in [0.29, 0.717) is 0 Å². The lowest BCUT2D eigenvalue weighted by molar-refractivity contribution is -0.141. The molecule has 3 unspecified atom stereocenters. The van der Waals surface area contributed by atoms with Crippen molar-refractivity contribution in [1.29, 1.82) is 0 Å². The molecule has 8 nitrogen and oxygen atoms in total. The first-order valence-corrected chi connectivity index (χ1v) is 8.08. The normalized spacial score (nSPS) is 19.0. The van der Waals surface area contributed by atoms with Gasteiger partial charge >= 0.3 is 5.97 Å². The van der Waals surface area contributed by atoms with Crippen LogP contribution in [0.15, 0.2) is 0 Å². The summed E-state index contributed by atoms with van der Waals surface area (Å²) in [7, 11) is -2.31. The van der Waals surface area contributed by atoms with Crippen molar-refractivity contribution < 1.29 is 24.2 Å². The van der Waals surface area contributed by atoms with Gasteiger partial charge in [-0.05, 0) is 14.0 Å². The first-order valence-electron chi connectivity index (χ1n) is 5.54. The van der Waals surface area contributed by atoms with Gasteiger partial charge in [0.1, 0.15) is 6.04 Å². The van der Waals surface area contributed by atoms with Crippen LogP contribution in [0, 0.1) is 0 Å². The number of carbonyl (C=O) groups is 2. The van der Waals surface area contributed by atoms with Crippen LogP contribution in [-0.2, 0) is 14.2 Å². The summed E-state index contributed by atoms with van der Waals surface area (Å²) in [5, 5.41) is 13.8. The molecule has 4 atom stereocenters. The summed E-state index contributed by atoms with van der Waals surface area (Å²) in [6, 6.07) is -2.15. The van der Waals surface area contributed by atoms with E-state index in [1.165, 1.54) is 14.0 Å². The molecule has 19 heavy (non-hydrogen) atoms. The molecule has 0 aliphatic heterocycles. The van der Waals surface area contributed by atoms with E-state index in [-0.39, 0.29) is 5.75 Å². The molecule has 6 N–H and O–H groups in total. The summed E-state index contributed by atoms with van der Waals surface area (Å²) >= 11 is 3.93. The van der Waals surface area contributed by atoms with E-state index in [2.05, 4.69) is 23.3 Å². The van der Waals surface area contributed by atoms with Crippen LogP contribution >= 0.6 is 20.0 Å². The number of hydrogen-bond donors (Lipinski definition) is 6. The fraction of sp³-hybridized carbons (Fsp3) is 0.778. The van der Waals surface area contributed by atoms with Gasteiger partial charge in [-0.2, -0.15) is 12.6 Å². The number of rotatable bonds is 8. The number of amides is 1. The van der Waals surface area contributed by atoms with E-state index in [1.54, 1.807) is 0 Å². The first kappa shape index (κ1) is 18.4. The summed E-state index contributed by atoms with van der Waals surface area (Å²) in [5.74, 6) is -2.89. The van der Waals surface area contributed by atoms with Gasteiger partial charge in [0.05, 0.1) is 18.0 Å². The zero-order valence-corrected chi connectivity index (χ0v) is 12.5. The molecular weight excluding hydrogens is 293 g/mol. The summed E-state index contributed by atoms with van der Waals surface area (Å²) in [5.41, 5.74) is 5.32. The van der Waals surface area contributed by atoms with Crippen LogP contribution in [0.1, 0.15) is 6.92 Å². The average Bonchev–Trinajstić information content (AvgIpc) is 2.29. The molecule has 0 radical (unpaired) electrons. The molecule has 10 heteroatoms. The molecule has 0 saturated heterocycles. The van der Waals surface area contributed by atoms with Crippen molar-refractivity contribution in [3.05, 3.63) is 0 Å². The molecule has 0 aliphatic rings. The van der Waals surface area contributed by atoms with Crippen LogP contribution in [0.5, 0.6) is 0 Å². The van der Waals surface area contributed by atoms with Crippen LogP contribution in [-0.4, -0.2) is 58.7 Å². The van der Waals surface area contributed by atoms with Crippen molar-refractivity contribution in [3.63, 3.8) is 0 Å². The largest absolute Gasteiger partial charge is 0.480 e. The molecule has 1 amide bonds. The van der Waals surface area contributed by atoms with Crippen molar-refractivity contribution in [1.82, 2.24) is 10.6 Å². The highest BCUT2D eigenvalue weighted by Gasteiger charge is 2.33. The van der Waals surface area contributed by atoms with Gasteiger partial charge in [-0.1, -0.05) is 0 Å². The number of hydrogen-bond acceptors (Lipinski definition) is 6. The molecule has 0 spiro atoms. The Labute approximate surface area is 117 Å². The van der Waals surface area contributed by atoms with Crippen molar-refractivity contribution in [2.75, 3.05) is 19.0 Å². The van der Waals surface area contributed by atoms with Gasteiger partial charge in [0.15, 0.2) is 0 Å². The van der Waals surface area contributed by atoms with Crippen LogP contribution in [0.2, 0.25) is 0 Å². The predicted octanol–water partition coefficient (Wildman–Crippen LogP) is -1.35. The van der Waals surface area contributed by atoms with Gasteiger partial charge in [0.2, 0.25) is 13.3 Å². The van der Waals surface area contributed by atoms with Crippen LogP contribution in [0.25, 0.3) is 0 Å². The zero-order chi connectivity index (χ0) is 15.2. The summed E-state index contributed by atoms with van der Waals surface area (Å²) < 4.78 is 11.7. The summed E-state index contributed by atoms with van der Waals surface area (Å²) in [6.07, 6.45) is -0.616. The second kappa shape index (κ2) is 7.86.